The van der Waals surface area contributed by atoms with Crippen molar-refractivity contribution in [2.75, 3.05) is 0 Å². The number of hydrogen-bond donors (Lipinski definition) is 2. The number of amides is 1. The fourth-order valence-electron chi connectivity index (χ4n) is 3.05. The van der Waals surface area contributed by atoms with E-state index in [0.29, 0.717) is 0 Å². The molecule has 0 heterocycles. The summed E-state index contributed by atoms with van der Waals surface area (Å²) in [4.78, 5) is 11.6. The van der Waals surface area contributed by atoms with Crippen molar-refractivity contribution >= 4 is 5.91 Å². The van der Waals surface area contributed by atoms with E-state index in [2.05, 4.69) is 0 Å². The van der Waals surface area contributed by atoms with E-state index in [-0.39, 0.29) is 11.8 Å². The summed E-state index contributed by atoms with van der Waals surface area (Å²) < 4.78 is 0. The van der Waals surface area contributed by atoms with E-state index in [1.165, 1.54) is 64.2 Å². The minimum absolute atomic E-state index is 0.0233. The average molecular weight is 269 g/mol. The zero-order valence-electron chi connectivity index (χ0n) is 12.3. The molecule has 2 N–H and O–H groups in total. The second-order valence-electron chi connectivity index (χ2n) is 5.99. The number of carbonyl (C=O) groups excluding carboxylic acids is 1. The Kier molecular flexibility index (Phi) is 9.78. The second-order valence-corrected chi connectivity index (χ2v) is 5.99. The van der Waals surface area contributed by atoms with E-state index in [1.807, 2.05) is 5.48 Å². The van der Waals surface area contributed by atoms with Gasteiger partial charge in [0.1, 0.15) is 0 Å². The van der Waals surface area contributed by atoms with Crippen LogP contribution in [-0.2, 0) is 4.79 Å². The molecule has 0 bridgehead atoms. The van der Waals surface area contributed by atoms with Crippen LogP contribution in [0.15, 0.2) is 0 Å². The van der Waals surface area contributed by atoms with Gasteiger partial charge in [0.05, 0.1) is 0 Å². The summed E-state index contributed by atoms with van der Waals surface area (Å²) in [5.41, 5.74) is 1.84. The SMILES string of the molecule is O=C(NO)C1CCCCCCCCCCCCCC1. The zero-order valence-corrected chi connectivity index (χ0v) is 12.3. The van der Waals surface area contributed by atoms with Crippen molar-refractivity contribution in [3.63, 3.8) is 0 Å². The van der Waals surface area contributed by atoms with Gasteiger partial charge in [-0.3, -0.25) is 10.0 Å². The van der Waals surface area contributed by atoms with Crippen molar-refractivity contribution in [1.82, 2.24) is 5.48 Å². The molecular formula is C16H31NO2. The fraction of sp³-hybridized carbons (Fsp3) is 0.938. The molecule has 1 aliphatic rings. The van der Waals surface area contributed by atoms with Crippen LogP contribution < -0.4 is 5.48 Å². The summed E-state index contributed by atoms with van der Waals surface area (Å²) >= 11 is 0. The Labute approximate surface area is 118 Å². The van der Waals surface area contributed by atoms with Gasteiger partial charge < -0.3 is 0 Å². The van der Waals surface area contributed by atoms with Crippen LogP contribution in [0.5, 0.6) is 0 Å². The monoisotopic (exact) mass is 269 g/mol. The first-order valence-electron chi connectivity index (χ1n) is 8.28. The van der Waals surface area contributed by atoms with Crippen molar-refractivity contribution < 1.29 is 10.0 Å². The molecule has 0 aromatic rings. The number of hydrogen-bond acceptors (Lipinski definition) is 2. The quantitative estimate of drug-likeness (QED) is 0.540. The highest BCUT2D eigenvalue weighted by atomic mass is 16.5. The molecule has 1 saturated carbocycles. The summed E-state index contributed by atoms with van der Waals surface area (Å²) in [7, 11) is 0. The number of nitrogens with one attached hydrogen (secondary N) is 1. The van der Waals surface area contributed by atoms with Gasteiger partial charge in [0.15, 0.2) is 0 Å². The third kappa shape index (κ3) is 8.25. The highest BCUT2D eigenvalue weighted by Gasteiger charge is 2.16. The molecule has 112 valence electrons. The van der Waals surface area contributed by atoms with E-state index in [4.69, 9.17) is 5.21 Å². The van der Waals surface area contributed by atoms with Crippen LogP contribution in [0.25, 0.3) is 0 Å². The summed E-state index contributed by atoms with van der Waals surface area (Å²) in [5, 5.41) is 8.80. The summed E-state index contributed by atoms with van der Waals surface area (Å²) in [5.74, 6) is -0.153. The van der Waals surface area contributed by atoms with Gasteiger partial charge >= 0.3 is 0 Å². The van der Waals surface area contributed by atoms with Crippen molar-refractivity contribution in [2.45, 2.75) is 89.9 Å². The molecule has 0 aromatic carbocycles. The fourth-order valence-corrected chi connectivity index (χ4v) is 3.05. The Morgan fingerprint density at radius 3 is 1.32 bits per heavy atom. The van der Waals surface area contributed by atoms with Crippen LogP contribution in [0.2, 0.25) is 0 Å². The van der Waals surface area contributed by atoms with Gasteiger partial charge in [-0.1, -0.05) is 77.0 Å². The van der Waals surface area contributed by atoms with E-state index in [9.17, 15) is 4.79 Å². The molecule has 1 amide bonds. The zero-order chi connectivity index (χ0) is 13.8. The smallest absolute Gasteiger partial charge is 0.246 e. The number of carbonyl (C=O) groups is 1. The van der Waals surface area contributed by atoms with Gasteiger partial charge in [-0.25, -0.2) is 5.48 Å². The van der Waals surface area contributed by atoms with E-state index < -0.39 is 0 Å². The van der Waals surface area contributed by atoms with E-state index >= 15 is 0 Å². The normalized spacial score (nSPS) is 22.2. The Balaban J connectivity index is 2.31. The topological polar surface area (TPSA) is 49.3 Å². The predicted octanol–water partition coefficient (Wildman–Crippen LogP) is 4.58. The van der Waals surface area contributed by atoms with Crippen molar-refractivity contribution in [2.24, 2.45) is 5.92 Å². The molecule has 0 unspecified atom stereocenters. The molecule has 3 heteroatoms. The lowest BCUT2D eigenvalue weighted by atomic mass is 9.94. The van der Waals surface area contributed by atoms with Crippen LogP contribution in [0.1, 0.15) is 89.9 Å². The highest BCUT2D eigenvalue weighted by molar-refractivity contribution is 5.77. The molecule has 19 heavy (non-hydrogen) atoms. The van der Waals surface area contributed by atoms with E-state index in [1.54, 1.807) is 0 Å². The van der Waals surface area contributed by atoms with E-state index in [0.717, 1.165) is 25.7 Å². The second kappa shape index (κ2) is 11.3. The Morgan fingerprint density at radius 2 is 1.00 bits per heavy atom. The van der Waals surface area contributed by atoms with Gasteiger partial charge in [0.25, 0.3) is 0 Å². The maximum absolute atomic E-state index is 11.6. The molecule has 0 aromatic heterocycles. The lowest BCUT2D eigenvalue weighted by Gasteiger charge is -2.14. The largest absolute Gasteiger partial charge is 0.289 e. The Morgan fingerprint density at radius 1 is 0.684 bits per heavy atom. The van der Waals surface area contributed by atoms with Crippen molar-refractivity contribution in [1.29, 1.82) is 0 Å². The van der Waals surface area contributed by atoms with Crippen LogP contribution in [0.3, 0.4) is 0 Å². The van der Waals surface area contributed by atoms with Gasteiger partial charge in [-0.15, -0.1) is 0 Å². The molecule has 3 nitrogen and oxygen atoms in total. The lowest BCUT2D eigenvalue weighted by molar-refractivity contribution is -0.133. The van der Waals surface area contributed by atoms with Crippen molar-refractivity contribution in [3.05, 3.63) is 0 Å². The standard InChI is InChI=1S/C16H31NO2/c18-16(17-19)15-13-11-9-7-5-3-1-2-4-6-8-10-12-14-15/h15,19H,1-14H2,(H,17,18). The number of hydroxylamine groups is 1. The third-order valence-corrected chi connectivity index (χ3v) is 4.34. The van der Waals surface area contributed by atoms with Crippen LogP contribution >= 0.6 is 0 Å². The molecule has 1 aliphatic carbocycles. The number of rotatable bonds is 1. The Bertz CT molecular complexity index is 215. The molecule has 0 atom stereocenters. The molecule has 0 spiro atoms. The summed E-state index contributed by atoms with van der Waals surface area (Å²) in [6.07, 6.45) is 17.4. The molecule has 0 aliphatic heterocycles. The first kappa shape index (κ1) is 16.5. The average Bonchev–Trinajstić information content (AvgIpc) is 2.44. The summed E-state index contributed by atoms with van der Waals surface area (Å²) in [6.45, 7) is 0. The predicted molar refractivity (Wildman–Crippen MR) is 78.1 cm³/mol. The molecule has 0 radical (unpaired) electrons. The third-order valence-electron chi connectivity index (χ3n) is 4.34. The van der Waals surface area contributed by atoms with Gasteiger partial charge in [0, 0.05) is 5.92 Å². The van der Waals surface area contributed by atoms with Crippen LogP contribution in [-0.4, -0.2) is 11.1 Å². The minimum atomic E-state index is -0.177. The minimum Gasteiger partial charge on any atom is -0.289 e. The summed E-state index contributed by atoms with van der Waals surface area (Å²) in [6, 6.07) is 0. The first-order chi connectivity index (χ1) is 9.34. The maximum atomic E-state index is 11.6. The molecular weight excluding hydrogens is 238 g/mol. The molecule has 1 rings (SSSR count). The lowest BCUT2D eigenvalue weighted by Crippen LogP contribution is -2.27. The van der Waals surface area contributed by atoms with Crippen LogP contribution in [0.4, 0.5) is 0 Å². The molecule has 0 saturated heterocycles. The molecule has 1 fully saturated rings. The van der Waals surface area contributed by atoms with Crippen LogP contribution in [0, 0.1) is 5.92 Å². The van der Waals surface area contributed by atoms with Gasteiger partial charge in [-0.05, 0) is 12.8 Å². The van der Waals surface area contributed by atoms with Crippen molar-refractivity contribution in [3.8, 4) is 0 Å². The Hall–Kier alpha value is -0.570. The first-order valence-corrected chi connectivity index (χ1v) is 8.28. The maximum Gasteiger partial charge on any atom is 0.246 e. The van der Waals surface area contributed by atoms with Gasteiger partial charge in [-0.2, -0.15) is 0 Å². The van der Waals surface area contributed by atoms with Gasteiger partial charge in [0.2, 0.25) is 5.91 Å². The highest BCUT2D eigenvalue weighted by Crippen LogP contribution is 2.20.